The molecular formula is C30H46ClNO7. The Kier molecular flexibility index (Phi) is 12.1. The van der Waals surface area contributed by atoms with Crippen molar-refractivity contribution < 1.29 is 33.3 Å². The van der Waals surface area contributed by atoms with Gasteiger partial charge in [0.05, 0.1) is 30.6 Å². The Morgan fingerprint density at radius 2 is 1.87 bits per heavy atom. The summed E-state index contributed by atoms with van der Waals surface area (Å²) in [5.74, 6) is -0.714. The third-order valence-electron chi connectivity index (χ3n) is 7.31. The molecule has 1 saturated carbocycles. The van der Waals surface area contributed by atoms with Gasteiger partial charge in [-0.15, -0.1) is 0 Å². The highest BCUT2D eigenvalue weighted by Gasteiger charge is 2.47. The molecule has 8 nitrogen and oxygen atoms in total. The second kappa shape index (κ2) is 14.8. The van der Waals surface area contributed by atoms with Crippen molar-refractivity contribution in [1.29, 1.82) is 0 Å². The van der Waals surface area contributed by atoms with E-state index in [-0.39, 0.29) is 30.3 Å². The average Bonchev–Trinajstić information content (AvgIpc) is 3.41. The Morgan fingerprint density at radius 1 is 1.18 bits per heavy atom. The molecule has 0 spiro atoms. The van der Waals surface area contributed by atoms with Gasteiger partial charge < -0.3 is 29.0 Å². The smallest absolute Gasteiger partial charge is 0.309 e. The standard InChI is InChI=1S/C30H46ClNO7/c1-6-37-27-25(38-27)17-24(20-36-19-21-9-11-23(31)12-10-21)32-28(34)30(14-7-8-15-30)18-22(13-16-35-5)26(33)39-29(2,3)4/h9-12,22,24-25,27H,6-8,13-20H2,1-5H3,(H,32,34)/t22-,24+,25?,27?/m1/s1. The van der Waals surface area contributed by atoms with E-state index in [0.717, 1.165) is 31.2 Å². The van der Waals surface area contributed by atoms with Crippen molar-refractivity contribution >= 4 is 23.5 Å². The highest BCUT2D eigenvalue weighted by molar-refractivity contribution is 6.30. The minimum Gasteiger partial charge on any atom is -0.460 e. The monoisotopic (exact) mass is 567 g/mol. The van der Waals surface area contributed by atoms with Crippen LogP contribution >= 0.6 is 11.6 Å². The van der Waals surface area contributed by atoms with Crippen molar-refractivity contribution in [3.63, 3.8) is 0 Å². The SMILES string of the molecule is CCOC1OC1C[C@@H](COCc1ccc(Cl)cc1)NC(=O)C1(C[C@@H](CCOC)C(=O)OC(C)(C)C)CCCC1. The maximum atomic E-state index is 13.9. The lowest BCUT2D eigenvalue weighted by Crippen LogP contribution is -2.48. The van der Waals surface area contributed by atoms with E-state index in [0.29, 0.717) is 50.7 Å². The maximum absolute atomic E-state index is 13.9. The van der Waals surface area contributed by atoms with Gasteiger partial charge >= 0.3 is 5.97 Å². The predicted octanol–water partition coefficient (Wildman–Crippen LogP) is 5.44. The second-order valence-corrected chi connectivity index (χ2v) is 12.2. The number of ether oxygens (including phenoxy) is 5. The second-order valence-electron chi connectivity index (χ2n) is 11.7. The van der Waals surface area contributed by atoms with Crippen molar-refractivity contribution in [1.82, 2.24) is 5.32 Å². The van der Waals surface area contributed by atoms with Crippen molar-refractivity contribution in [2.45, 2.75) is 103 Å². The number of esters is 1. The Morgan fingerprint density at radius 3 is 2.49 bits per heavy atom. The van der Waals surface area contributed by atoms with E-state index in [1.165, 1.54) is 0 Å². The lowest BCUT2D eigenvalue weighted by molar-refractivity contribution is -0.162. The first-order valence-corrected chi connectivity index (χ1v) is 14.5. The summed E-state index contributed by atoms with van der Waals surface area (Å²) < 4.78 is 28.3. The molecule has 0 aromatic heterocycles. The zero-order valence-corrected chi connectivity index (χ0v) is 24.9. The molecule has 1 aliphatic heterocycles. The molecule has 2 fully saturated rings. The summed E-state index contributed by atoms with van der Waals surface area (Å²) >= 11 is 6.00. The molecule has 39 heavy (non-hydrogen) atoms. The quantitative estimate of drug-likeness (QED) is 0.210. The van der Waals surface area contributed by atoms with Gasteiger partial charge in [0.1, 0.15) is 11.7 Å². The number of hydrogen-bond acceptors (Lipinski definition) is 7. The van der Waals surface area contributed by atoms with Crippen LogP contribution in [0.1, 0.15) is 78.2 Å². The van der Waals surface area contributed by atoms with Gasteiger partial charge in [-0.2, -0.15) is 0 Å². The number of carbonyl (C=O) groups is 2. The molecule has 2 aliphatic rings. The molecule has 1 saturated heterocycles. The molecule has 1 N–H and O–H groups in total. The van der Waals surface area contributed by atoms with Crippen LogP contribution in [0.5, 0.6) is 0 Å². The zero-order valence-electron chi connectivity index (χ0n) is 24.1. The Bertz CT molecular complexity index is 911. The fourth-order valence-electron chi connectivity index (χ4n) is 5.29. The number of halogens is 1. The number of hydrogen-bond donors (Lipinski definition) is 1. The Labute approximate surface area is 238 Å². The number of rotatable bonds is 16. The maximum Gasteiger partial charge on any atom is 0.309 e. The number of amides is 1. The van der Waals surface area contributed by atoms with E-state index >= 15 is 0 Å². The normalized spacial score (nSPS) is 21.8. The Balaban J connectivity index is 1.69. The van der Waals surface area contributed by atoms with Crippen LogP contribution in [0.4, 0.5) is 0 Å². The minimum absolute atomic E-state index is 0.0281. The molecule has 2 unspecified atom stereocenters. The molecule has 1 amide bonds. The molecule has 1 aromatic rings. The van der Waals surface area contributed by atoms with Gasteiger partial charge in [-0.3, -0.25) is 9.59 Å². The molecule has 220 valence electrons. The summed E-state index contributed by atoms with van der Waals surface area (Å²) in [6, 6.07) is 7.26. The van der Waals surface area contributed by atoms with E-state index < -0.39 is 16.9 Å². The summed E-state index contributed by atoms with van der Waals surface area (Å²) in [6.45, 7) is 9.26. The molecule has 1 heterocycles. The van der Waals surface area contributed by atoms with Crippen LogP contribution in [0.2, 0.25) is 5.02 Å². The molecule has 1 aromatic carbocycles. The van der Waals surface area contributed by atoms with E-state index in [9.17, 15) is 9.59 Å². The summed E-state index contributed by atoms with van der Waals surface area (Å²) in [4.78, 5) is 27.1. The van der Waals surface area contributed by atoms with Gasteiger partial charge in [0.25, 0.3) is 0 Å². The largest absolute Gasteiger partial charge is 0.460 e. The van der Waals surface area contributed by atoms with Crippen LogP contribution in [0.15, 0.2) is 24.3 Å². The summed E-state index contributed by atoms with van der Waals surface area (Å²) in [5, 5.41) is 3.95. The first-order chi connectivity index (χ1) is 18.5. The zero-order chi connectivity index (χ0) is 28.5. The number of epoxide rings is 1. The van der Waals surface area contributed by atoms with Crippen molar-refractivity contribution in [3.05, 3.63) is 34.9 Å². The molecule has 9 heteroatoms. The first-order valence-electron chi connectivity index (χ1n) is 14.2. The molecule has 3 rings (SSSR count). The van der Waals surface area contributed by atoms with Crippen LogP contribution < -0.4 is 5.32 Å². The van der Waals surface area contributed by atoms with Gasteiger partial charge in [0, 0.05) is 31.8 Å². The van der Waals surface area contributed by atoms with Crippen molar-refractivity contribution in [2.24, 2.45) is 11.3 Å². The lowest BCUT2D eigenvalue weighted by atomic mass is 9.75. The van der Waals surface area contributed by atoms with Crippen LogP contribution in [0, 0.1) is 11.3 Å². The summed E-state index contributed by atoms with van der Waals surface area (Å²) in [7, 11) is 1.62. The third kappa shape index (κ3) is 10.3. The molecule has 0 bridgehead atoms. The third-order valence-corrected chi connectivity index (χ3v) is 7.56. The fourth-order valence-corrected chi connectivity index (χ4v) is 5.41. The average molecular weight is 568 g/mol. The van der Waals surface area contributed by atoms with E-state index in [1.54, 1.807) is 7.11 Å². The first kappa shape index (κ1) is 31.8. The van der Waals surface area contributed by atoms with Crippen LogP contribution in [0.25, 0.3) is 0 Å². The predicted molar refractivity (Wildman–Crippen MR) is 149 cm³/mol. The van der Waals surface area contributed by atoms with Gasteiger partial charge in [-0.1, -0.05) is 36.6 Å². The summed E-state index contributed by atoms with van der Waals surface area (Å²) in [5.41, 5.74) is -0.223. The Hall–Kier alpha value is -1.71. The van der Waals surface area contributed by atoms with Crippen molar-refractivity contribution in [2.75, 3.05) is 26.9 Å². The fraction of sp³-hybridized carbons (Fsp3) is 0.733. The number of carbonyl (C=O) groups excluding carboxylic acids is 2. The van der Waals surface area contributed by atoms with Crippen LogP contribution in [-0.2, 0) is 39.9 Å². The molecule has 1 aliphatic carbocycles. The molecule has 4 atom stereocenters. The molecular weight excluding hydrogens is 522 g/mol. The van der Waals surface area contributed by atoms with Crippen molar-refractivity contribution in [3.8, 4) is 0 Å². The van der Waals surface area contributed by atoms with E-state index in [1.807, 2.05) is 52.0 Å². The van der Waals surface area contributed by atoms with Gasteiger partial charge in [-0.05, 0) is 71.1 Å². The highest BCUT2D eigenvalue weighted by Crippen LogP contribution is 2.45. The minimum atomic E-state index is -0.631. The van der Waals surface area contributed by atoms with Gasteiger partial charge in [-0.25, -0.2) is 0 Å². The summed E-state index contributed by atoms with van der Waals surface area (Å²) in [6.07, 6.45) is 4.62. The van der Waals surface area contributed by atoms with E-state index in [4.69, 9.17) is 35.3 Å². The topological polar surface area (TPSA) is 95.6 Å². The number of methoxy groups -OCH3 is 1. The van der Waals surface area contributed by atoms with E-state index in [2.05, 4.69) is 5.32 Å². The van der Waals surface area contributed by atoms with Crippen LogP contribution in [0.3, 0.4) is 0 Å². The number of benzene rings is 1. The van der Waals surface area contributed by atoms with Gasteiger partial charge in [0.2, 0.25) is 5.91 Å². The van der Waals surface area contributed by atoms with Gasteiger partial charge in [0.15, 0.2) is 6.29 Å². The lowest BCUT2D eigenvalue weighted by Gasteiger charge is -2.34. The van der Waals surface area contributed by atoms with Crippen LogP contribution in [-0.4, -0.2) is 62.8 Å². The highest BCUT2D eigenvalue weighted by atomic mass is 35.5. The number of nitrogens with one attached hydrogen (secondary N) is 1. The molecule has 0 radical (unpaired) electrons.